The van der Waals surface area contributed by atoms with Crippen molar-refractivity contribution in [1.29, 1.82) is 0 Å². The predicted octanol–water partition coefficient (Wildman–Crippen LogP) is -0.391. The van der Waals surface area contributed by atoms with Gasteiger partial charge in [-0.15, -0.1) is 11.8 Å². The van der Waals surface area contributed by atoms with Gasteiger partial charge in [-0.3, -0.25) is 9.59 Å². The Balaban J connectivity index is 2.67. The Morgan fingerprint density at radius 2 is 2.00 bits per heavy atom. The number of aromatic hydroxyl groups is 2. The molecule has 1 aromatic rings. The molecule has 0 spiro atoms. The molecular weight excluding hydrogens is 322 g/mol. The molecule has 0 aliphatic carbocycles. The van der Waals surface area contributed by atoms with Crippen LogP contribution in [0.25, 0.3) is 0 Å². The van der Waals surface area contributed by atoms with E-state index in [4.69, 9.17) is 16.6 Å². The number of carboxylic acids is 1. The van der Waals surface area contributed by atoms with E-state index in [0.717, 1.165) is 11.8 Å². The fraction of sp³-hybridized carbons (Fsp3) is 0.429. The summed E-state index contributed by atoms with van der Waals surface area (Å²) in [5.41, 5.74) is 11.4. The molecule has 0 heterocycles. The van der Waals surface area contributed by atoms with Gasteiger partial charge in [0.15, 0.2) is 11.5 Å². The molecule has 9 heteroatoms. The molecule has 1 amide bonds. The van der Waals surface area contributed by atoms with Crippen molar-refractivity contribution < 1.29 is 24.9 Å². The quantitative estimate of drug-likeness (QED) is 0.261. The summed E-state index contributed by atoms with van der Waals surface area (Å²) < 4.78 is 0. The zero-order valence-electron chi connectivity index (χ0n) is 12.5. The van der Waals surface area contributed by atoms with Crippen LogP contribution in [-0.4, -0.2) is 52.1 Å². The topological polar surface area (TPSA) is 159 Å². The number of phenols is 2. The number of thioether (sulfide) groups is 1. The molecule has 0 aliphatic rings. The summed E-state index contributed by atoms with van der Waals surface area (Å²) in [5, 5.41) is 31.0. The summed E-state index contributed by atoms with van der Waals surface area (Å²) in [4.78, 5) is 22.3. The lowest BCUT2D eigenvalue weighted by molar-refractivity contribution is -0.137. The van der Waals surface area contributed by atoms with Gasteiger partial charge in [0.05, 0.1) is 4.90 Å². The maximum atomic E-state index is 11.3. The van der Waals surface area contributed by atoms with Gasteiger partial charge in [-0.2, -0.15) is 0 Å². The Kier molecular flexibility index (Phi) is 7.66. The van der Waals surface area contributed by atoms with Crippen molar-refractivity contribution >= 4 is 23.6 Å². The normalized spacial score (nSPS) is 11.9. The third kappa shape index (κ3) is 6.35. The number of amides is 1. The average molecular weight is 343 g/mol. The highest BCUT2D eigenvalue weighted by molar-refractivity contribution is 7.99. The molecule has 0 radical (unpaired) electrons. The van der Waals surface area contributed by atoms with E-state index in [1.807, 2.05) is 0 Å². The summed E-state index contributed by atoms with van der Waals surface area (Å²) in [6, 6.07) is 1.95. The smallest absolute Gasteiger partial charge is 0.321 e. The van der Waals surface area contributed by atoms with Gasteiger partial charge >= 0.3 is 5.97 Å². The molecule has 0 aliphatic heterocycles. The maximum Gasteiger partial charge on any atom is 0.321 e. The average Bonchev–Trinajstić information content (AvgIpc) is 2.49. The number of hydrogen-bond donors (Lipinski definition) is 6. The molecule has 1 aromatic carbocycles. The van der Waals surface area contributed by atoms with E-state index in [1.165, 1.54) is 6.07 Å². The first-order valence-corrected chi connectivity index (χ1v) is 7.96. The van der Waals surface area contributed by atoms with E-state index in [9.17, 15) is 19.8 Å². The highest BCUT2D eigenvalue weighted by Gasteiger charge is 2.15. The Bertz CT molecular complexity index is 568. The summed E-state index contributed by atoms with van der Waals surface area (Å²) in [6.07, 6.45) is 0.692. The van der Waals surface area contributed by atoms with Crippen LogP contribution in [0.3, 0.4) is 0 Å². The Labute approximate surface area is 137 Å². The molecule has 0 aromatic heterocycles. The molecule has 8 nitrogen and oxygen atoms in total. The number of nitrogens with two attached hydrogens (primary N) is 2. The second kappa shape index (κ2) is 9.23. The second-order valence-corrected chi connectivity index (χ2v) is 5.92. The Morgan fingerprint density at radius 3 is 2.61 bits per heavy atom. The first-order valence-electron chi connectivity index (χ1n) is 6.98. The number of carbonyl (C=O) groups is 2. The summed E-state index contributed by atoms with van der Waals surface area (Å²) in [6.45, 7) is 0.637. The van der Waals surface area contributed by atoms with Crippen molar-refractivity contribution in [3.63, 3.8) is 0 Å². The molecule has 0 saturated carbocycles. The van der Waals surface area contributed by atoms with Gasteiger partial charge in [0, 0.05) is 25.3 Å². The zero-order valence-corrected chi connectivity index (χ0v) is 13.3. The number of phenolic OH excluding ortho intramolecular Hbond substituents is 2. The van der Waals surface area contributed by atoms with Crippen LogP contribution in [0, 0.1) is 0 Å². The number of rotatable bonds is 9. The molecule has 8 N–H and O–H groups in total. The van der Waals surface area contributed by atoms with Crippen molar-refractivity contribution in [2.75, 3.05) is 18.8 Å². The number of carboxylic acid groups (broad SMARTS) is 1. The van der Waals surface area contributed by atoms with Gasteiger partial charge in [-0.25, -0.2) is 0 Å². The fourth-order valence-electron chi connectivity index (χ4n) is 1.72. The van der Waals surface area contributed by atoms with Gasteiger partial charge < -0.3 is 32.1 Å². The first-order chi connectivity index (χ1) is 10.8. The largest absolute Gasteiger partial charge is 0.504 e. The minimum Gasteiger partial charge on any atom is -0.504 e. The number of carbonyl (C=O) groups excluding carboxylic acids is 1. The van der Waals surface area contributed by atoms with Crippen LogP contribution in [-0.2, 0) is 16.0 Å². The van der Waals surface area contributed by atoms with Gasteiger partial charge in [-0.05, 0) is 24.1 Å². The van der Waals surface area contributed by atoms with Crippen molar-refractivity contribution in [2.45, 2.75) is 23.8 Å². The highest BCUT2D eigenvalue weighted by atomic mass is 32.2. The third-order valence-corrected chi connectivity index (χ3v) is 4.11. The summed E-state index contributed by atoms with van der Waals surface area (Å²) in [7, 11) is 0. The van der Waals surface area contributed by atoms with Gasteiger partial charge in [0.2, 0.25) is 5.91 Å². The zero-order chi connectivity index (χ0) is 17.4. The molecule has 0 bridgehead atoms. The lowest BCUT2D eigenvalue weighted by atomic mass is 10.1. The predicted molar refractivity (Wildman–Crippen MR) is 86.5 cm³/mol. The fourth-order valence-corrected chi connectivity index (χ4v) is 2.70. The van der Waals surface area contributed by atoms with Gasteiger partial charge in [0.1, 0.15) is 6.04 Å². The van der Waals surface area contributed by atoms with E-state index in [1.54, 1.807) is 6.07 Å². The van der Waals surface area contributed by atoms with E-state index in [-0.39, 0.29) is 36.1 Å². The number of aliphatic carboxylic acids is 1. The Hall–Kier alpha value is -1.97. The molecule has 0 unspecified atom stereocenters. The van der Waals surface area contributed by atoms with Crippen molar-refractivity contribution in [1.82, 2.24) is 5.32 Å². The number of hydrogen-bond acceptors (Lipinski definition) is 7. The van der Waals surface area contributed by atoms with Crippen LogP contribution in [0.4, 0.5) is 0 Å². The van der Waals surface area contributed by atoms with Crippen LogP contribution in [0.2, 0.25) is 0 Å². The van der Waals surface area contributed by atoms with Crippen molar-refractivity contribution in [2.24, 2.45) is 11.5 Å². The maximum absolute atomic E-state index is 11.3. The molecule has 0 fully saturated rings. The molecule has 23 heavy (non-hydrogen) atoms. The molecule has 1 rings (SSSR count). The first kappa shape index (κ1) is 19.1. The van der Waals surface area contributed by atoms with Crippen LogP contribution in [0.15, 0.2) is 17.0 Å². The molecule has 1 atom stereocenters. The van der Waals surface area contributed by atoms with Crippen LogP contribution >= 0.6 is 11.8 Å². The SMILES string of the molecule is NCCC(=O)NCCc1cc(O)c(O)c(SC[C@H](N)C(=O)O)c1. The molecule has 128 valence electrons. The highest BCUT2D eigenvalue weighted by Crippen LogP contribution is 2.37. The van der Waals surface area contributed by atoms with Crippen molar-refractivity contribution in [3.8, 4) is 11.5 Å². The van der Waals surface area contributed by atoms with Gasteiger partial charge in [0.25, 0.3) is 0 Å². The van der Waals surface area contributed by atoms with E-state index in [2.05, 4.69) is 5.32 Å². The lowest BCUT2D eigenvalue weighted by Crippen LogP contribution is -2.32. The minimum absolute atomic E-state index is 0.0546. The van der Waals surface area contributed by atoms with Crippen LogP contribution in [0.1, 0.15) is 12.0 Å². The second-order valence-electron chi connectivity index (χ2n) is 4.86. The standard InChI is InChI=1S/C14H21N3O5S/c15-3-1-12(19)17-4-2-8-5-10(18)13(20)11(6-8)23-7-9(16)14(21)22/h5-6,9,18,20H,1-4,7,15-16H2,(H,17,19)(H,21,22)/t9-/m0/s1. The summed E-state index contributed by atoms with van der Waals surface area (Å²) in [5.74, 6) is -1.86. The molecular formula is C14H21N3O5S. The van der Waals surface area contributed by atoms with E-state index in [0.29, 0.717) is 23.4 Å². The van der Waals surface area contributed by atoms with E-state index < -0.39 is 12.0 Å². The van der Waals surface area contributed by atoms with Gasteiger partial charge in [-0.1, -0.05) is 0 Å². The van der Waals surface area contributed by atoms with Crippen LogP contribution < -0.4 is 16.8 Å². The monoisotopic (exact) mass is 343 g/mol. The van der Waals surface area contributed by atoms with Crippen LogP contribution in [0.5, 0.6) is 11.5 Å². The Morgan fingerprint density at radius 1 is 1.30 bits per heavy atom. The van der Waals surface area contributed by atoms with E-state index >= 15 is 0 Å². The van der Waals surface area contributed by atoms with Crippen molar-refractivity contribution in [3.05, 3.63) is 17.7 Å². The summed E-state index contributed by atoms with van der Waals surface area (Å²) >= 11 is 1.04. The number of benzene rings is 1. The molecule has 0 saturated heterocycles. The number of nitrogens with one attached hydrogen (secondary N) is 1. The lowest BCUT2D eigenvalue weighted by Gasteiger charge is -2.11. The minimum atomic E-state index is -1.14. The third-order valence-electron chi connectivity index (χ3n) is 2.96.